The molecule has 0 atom stereocenters. The Morgan fingerprint density at radius 2 is 1.46 bits per heavy atom. The highest BCUT2D eigenvalue weighted by molar-refractivity contribution is 5.76. The van der Waals surface area contributed by atoms with Crippen molar-refractivity contribution in [3.8, 4) is 0 Å². The second-order valence-corrected chi connectivity index (χ2v) is 8.06. The number of hydrogen-bond acceptors (Lipinski definition) is 2. The molecule has 2 amide bonds. The fraction of sp³-hybridized carbons (Fsp3) is 0.895. The Morgan fingerprint density at radius 3 is 1.92 bits per heavy atom. The average Bonchev–Trinajstić information content (AvgIpc) is 3.41. The van der Waals surface area contributed by atoms with Gasteiger partial charge in [0.15, 0.2) is 0 Å². The monoisotopic (exact) mass is 336 g/mol. The van der Waals surface area contributed by atoms with Crippen molar-refractivity contribution in [2.45, 2.75) is 95.7 Å². The first kappa shape index (κ1) is 17.6. The molecule has 3 fully saturated rings. The molecule has 0 spiro atoms. The van der Waals surface area contributed by atoms with Crippen molar-refractivity contribution in [2.75, 3.05) is 0 Å². The first-order chi connectivity index (χ1) is 11.6. The molecule has 3 aliphatic carbocycles. The largest absolute Gasteiger partial charge is 0.481 e. The molecule has 0 aromatic carbocycles. The van der Waals surface area contributed by atoms with Crippen LogP contribution < -0.4 is 5.32 Å². The lowest BCUT2D eigenvalue weighted by Gasteiger charge is -2.38. The topological polar surface area (TPSA) is 69.6 Å². The summed E-state index contributed by atoms with van der Waals surface area (Å²) in [6.45, 7) is 2.27. The van der Waals surface area contributed by atoms with Crippen molar-refractivity contribution in [1.29, 1.82) is 0 Å². The number of hydrogen-bond donors (Lipinski definition) is 2. The average molecular weight is 336 g/mol. The molecule has 2 N–H and O–H groups in total. The summed E-state index contributed by atoms with van der Waals surface area (Å²) >= 11 is 0. The van der Waals surface area contributed by atoms with Gasteiger partial charge in [0.25, 0.3) is 0 Å². The Balaban J connectivity index is 1.51. The van der Waals surface area contributed by atoms with Crippen molar-refractivity contribution in [3.63, 3.8) is 0 Å². The SMILES string of the molecule is CCC1CCC(N(C(=O)NC2CCC(C(=O)O)CC2)C2CC2)CC1. The van der Waals surface area contributed by atoms with Crippen LogP contribution in [0.3, 0.4) is 0 Å². The summed E-state index contributed by atoms with van der Waals surface area (Å²) in [7, 11) is 0. The van der Waals surface area contributed by atoms with E-state index in [0.717, 1.165) is 44.4 Å². The molecule has 0 saturated heterocycles. The van der Waals surface area contributed by atoms with E-state index in [0.29, 0.717) is 24.9 Å². The van der Waals surface area contributed by atoms with E-state index < -0.39 is 5.97 Å². The quantitative estimate of drug-likeness (QED) is 0.803. The maximum absolute atomic E-state index is 12.9. The Morgan fingerprint density at radius 1 is 0.917 bits per heavy atom. The van der Waals surface area contributed by atoms with Gasteiger partial charge >= 0.3 is 12.0 Å². The summed E-state index contributed by atoms with van der Waals surface area (Å²) in [6, 6.07) is 1.12. The van der Waals surface area contributed by atoms with E-state index in [1.54, 1.807) is 0 Å². The van der Waals surface area contributed by atoms with Crippen molar-refractivity contribution in [2.24, 2.45) is 11.8 Å². The molecule has 0 radical (unpaired) electrons. The highest BCUT2D eigenvalue weighted by Gasteiger charge is 2.39. The van der Waals surface area contributed by atoms with Crippen LogP contribution >= 0.6 is 0 Å². The number of carboxylic acids is 1. The highest BCUT2D eigenvalue weighted by atomic mass is 16.4. The molecular weight excluding hydrogens is 304 g/mol. The van der Waals surface area contributed by atoms with Crippen molar-refractivity contribution < 1.29 is 14.7 Å². The first-order valence-electron chi connectivity index (χ1n) is 9.90. The number of amides is 2. The maximum Gasteiger partial charge on any atom is 0.318 e. The maximum atomic E-state index is 12.9. The minimum absolute atomic E-state index is 0.108. The van der Waals surface area contributed by atoms with Crippen LogP contribution in [-0.2, 0) is 4.79 Å². The zero-order chi connectivity index (χ0) is 17.1. The number of carbonyl (C=O) groups is 2. The summed E-state index contributed by atoms with van der Waals surface area (Å²) in [5.41, 5.74) is 0. The van der Waals surface area contributed by atoms with Gasteiger partial charge in [-0.3, -0.25) is 4.79 Å². The fourth-order valence-corrected chi connectivity index (χ4v) is 4.55. The van der Waals surface area contributed by atoms with Crippen LogP contribution in [-0.4, -0.2) is 40.1 Å². The third-order valence-electron chi connectivity index (χ3n) is 6.37. The van der Waals surface area contributed by atoms with Gasteiger partial charge < -0.3 is 15.3 Å². The van der Waals surface area contributed by atoms with Gasteiger partial charge in [0.05, 0.1) is 5.92 Å². The molecule has 3 saturated carbocycles. The third-order valence-corrected chi connectivity index (χ3v) is 6.37. The van der Waals surface area contributed by atoms with E-state index >= 15 is 0 Å². The first-order valence-corrected chi connectivity index (χ1v) is 9.90. The van der Waals surface area contributed by atoms with Gasteiger partial charge in [-0.25, -0.2) is 4.79 Å². The number of carbonyl (C=O) groups excluding carboxylic acids is 1. The fourth-order valence-electron chi connectivity index (χ4n) is 4.55. The van der Waals surface area contributed by atoms with E-state index in [-0.39, 0.29) is 18.0 Å². The second-order valence-electron chi connectivity index (χ2n) is 8.06. The van der Waals surface area contributed by atoms with Crippen LogP contribution in [0.5, 0.6) is 0 Å². The van der Waals surface area contributed by atoms with E-state index in [1.807, 2.05) is 0 Å². The van der Waals surface area contributed by atoms with Crippen molar-refractivity contribution in [1.82, 2.24) is 10.2 Å². The van der Waals surface area contributed by atoms with Crippen LogP contribution in [0.25, 0.3) is 0 Å². The Labute approximate surface area is 145 Å². The van der Waals surface area contributed by atoms with Crippen LogP contribution in [0.2, 0.25) is 0 Å². The number of urea groups is 1. The molecule has 0 aromatic rings. The summed E-state index contributed by atoms with van der Waals surface area (Å²) < 4.78 is 0. The molecular formula is C19H32N2O3. The smallest absolute Gasteiger partial charge is 0.318 e. The zero-order valence-corrected chi connectivity index (χ0v) is 14.9. The standard InChI is InChI=1S/C19H32N2O3/c1-2-13-3-9-16(10-4-13)21(17-11-12-17)19(24)20-15-7-5-14(6-8-15)18(22)23/h13-17H,2-12H2,1H3,(H,20,24)(H,22,23). The van der Waals surface area contributed by atoms with Crippen molar-refractivity contribution in [3.05, 3.63) is 0 Å². The van der Waals surface area contributed by atoms with E-state index in [2.05, 4.69) is 17.1 Å². The molecule has 0 heterocycles. The third kappa shape index (κ3) is 4.22. The molecule has 3 aliphatic rings. The highest BCUT2D eigenvalue weighted by Crippen LogP contribution is 2.36. The van der Waals surface area contributed by atoms with Gasteiger partial charge in [-0.15, -0.1) is 0 Å². The predicted octanol–water partition coefficient (Wildman–Crippen LogP) is 3.77. The van der Waals surface area contributed by atoms with Crippen LogP contribution in [0.1, 0.15) is 77.6 Å². The summed E-state index contributed by atoms with van der Waals surface area (Å²) in [6.07, 6.45) is 11.3. The lowest BCUT2D eigenvalue weighted by atomic mass is 9.84. The lowest BCUT2D eigenvalue weighted by molar-refractivity contribution is -0.142. The van der Waals surface area contributed by atoms with Gasteiger partial charge in [-0.05, 0) is 70.1 Å². The zero-order valence-electron chi connectivity index (χ0n) is 14.9. The molecule has 3 rings (SSSR count). The van der Waals surface area contributed by atoms with E-state index in [9.17, 15) is 9.59 Å². The number of carboxylic acid groups (broad SMARTS) is 1. The summed E-state index contributed by atoms with van der Waals surface area (Å²) in [5.74, 6) is -0.0641. The van der Waals surface area contributed by atoms with Crippen molar-refractivity contribution >= 4 is 12.0 Å². The van der Waals surface area contributed by atoms with Gasteiger partial charge in [-0.2, -0.15) is 0 Å². The molecule has 136 valence electrons. The number of rotatable bonds is 5. The van der Waals surface area contributed by atoms with Crippen LogP contribution in [0.4, 0.5) is 4.79 Å². The summed E-state index contributed by atoms with van der Waals surface area (Å²) in [4.78, 5) is 26.1. The normalized spacial score (nSPS) is 33.7. The van der Waals surface area contributed by atoms with Crippen LogP contribution in [0, 0.1) is 11.8 Å². The molecule has 0 aromatic heterocycles. The minimum atomic E-state index is -0.688. The van der Waals surface area contributed by atoms with Gasteiger partial charge in [0.2, 0.25) is 0 Å². The Hall–Kier alpha value is -1.26. The minimum Gasteiger partial charge on any atom is -0.481 e. The number of aliphatic carboxylic acids is 1. The molecule has 0 unspecified atom stereocenters. The van der Waals surface area contributed by atoms with Crippen LogP contribution in [0.15, 0.2) is 0 Å². The molecule has 0 aliphatic heterocycles. The number of nitrogens with zero attached hydrogens (tertiary/aromatic N) is 1. The molecule has 5 heteroatoms. The molecule has 0 bridgehead atoms. The van der Waals surface area contributed by atoms with Gasteiger partial charge in [0, 0.05) is 18.1 Å². The summed E-state index contributed by atoms with van der Waals surface area (Å²) in [5, 5.41) is 12.3. The Bertz CT molecular complexity index is 448. The van der Waals surface area contributed by atoms with E-state index in [4.69, 9.17) is 5.11 Å². The second kappa shape index (κ2) is 7.75. The molecule has 24 heavy (non-hydrogen) atoms. The Kier molecular flexibility index (Phi) is 5.67. The van der Waals surface area contributed by atoms with E-state index in [1.165, 1.54) is 19.3 Å². The number of nitrogens with one attached hydrogen (secondary N) is 1. The lowest BCUT2D eigenvalue weighted by Crippen LogP contribution is -2.52. The predicted molar refractivity (Wildman–Crippen MR) is 92.8 cm³/mol. The van der Waals surface area contributed by atoms with Gasteiger partial charge in [0.1, 0.15) is 0 Å². The van der Waals surface area contributed by atoms with Gasteiger partial charge in [-0.1, -0.05) is 13.3 Å². The molecule has 5 nitrogen and oxygen atoms in total.